The second kappa shape index (κ2) is 12.7. The van der Waals surface area contributed by atoms with Crippen LogP contribution in [0.15, 0.2) is 71.9 Å². The summed E-state index contributed by atoms with van der Waals surface area (Å²) in [6, 6.07) is 15.6. The van der Waals surface area contributed by atoms with Crippen molar-refractivity contribution in [2.75, 3.05) is 32.5 Å². The minimum atomic E-state index is -0.812. The first-order valence-electron chi connectivity index (χ1n) is 14.0. The summed E-state index contributed by atoms with van der Waals surface area (Å²) >= 11 is 6.31. The first kappa shape index (κ1) is 31.7. The summed E-state index contributed by atoms with van der Waals surface area (Å²) < 4.78 is 29.7. The van der Waals surface area contributed by atoms with E-state index in [1.165, 1.54) is 18.2 Å². The zero-order valence-corrected chi connectivity index (χ0v) is 24.7. The number of hydrogen-bond donors (Lipinski definition) is 3. The van der Waals surface area contributed by atoms with E-state index in [0.29, 0.717) is 51.6 Å². The quantitative estimate of drug-likeness (QED) is 0.264. The van der Waals surface area contributed by atoms with E-state index in [2.05, 4.69) is 25.9 Å². The summed E-state index contributed by atoms with van der Waals surface area (Å²) in [6.07, 6.45) is 2.14. The predicted molar refractivity (Wildman–Crippen MR) is 171 cm³/mol. The van der Waals surface area contributed by atoms with Gasteiger partial charge in [0.15, 0.2) is 0 Å². The molecular formula is C33H32ClF2N7O2. The predicted octanol–water partition coefficient (Wildman–Crippen LogP) is 5.36. The summed E-state index contributed by atoms with van der Waals surface area (Å²) in [5.41, 5.74) is 2.51. The van der Waals surface area contributed by atoms with Crippen molar-refractivity contribution in [3.05, 3.63) is 106 Å². The van der Waals surface area contributed by atoms with Crippen LogP contribution in [0.3, 0.4) is 0 Å². The number of hydrogen-bond acceptors (Lipinski definition) is 7. The van der Waals surface area contributed by atoms with Crippen LogP contribution in [0.4, 0.5) is 20.4 Å². The third kappa shape index (κ3) is 5.88. The average Bonchev–Trinajstić information content (AvgIpc) is 3.42. The fourth-order valence-corrected chi connectivity index (χ4v) is 5.83. The van der Waals surface area contributed by atoms with E-state index in [1.807, 2.05) is 0 Å². The van der Waals surface area contributed by atoms with Crippen LogP contribution in [0.25, 0.3) is 11.3 Å². The van der Waals surface area contributed by atoms with Crippen molar-refractivity contribution in [1.29, 1.82) is 0 Å². The second-order valence-corrected chi connectivity index (χ2v) is 11.0. The largest absolute Gasteiger partial charge is 0.358 e. The molecule has 1 aromatic heterocycles. The van der Waals surface area contributed by atoms with Gasteiger partial charge >= 0.3 is 0 Å². The number of anilines is 2. The number of fused-ring (bicyclic) bond motifs is 3. The molecule has 45 heavy (non-hydrogen) atoms. The number of nitrogens with one attached hydrogen (secondary N) is 3. The van der Waals surface area contributed by atoms with E-state index < -0.39 is 17.2 Å². The Morgan fingerprint density at radius 2 is 1.73 bits per heavy atom. The molecule has 0 saturated carbocycles. The van der Waals surface area contributed by atoms with Crippen LogP contribution < -0.4 is 16.0 Å². The van der Waals surface area contributed by atoms with E-state index in [0.717, 1.165) is 0 Å². The summed E-state index contributed by atoms with van der Waals surface area (Å²) in [7, 11) is 3.30. The number of benzene rings is 3. The first-order valence-corrected chi connectivity index (χ1v) is 14.3. The van der Waals surface area contributed by atoms with Gasteiger partial charge in [-0.1, -0.05) is 31.2 Å². The molecule has 1 atom stereocenters. The molecule has 4 aromatic rings. The Morgan fingerprint density at radius 3 is 2.42 bits per heavy atom. The highest BCUT2D eigenvalue weighted by Gasteiger charge is 2.44. The van der Waals surface area contributed by atoms with Crippen molar-refractivity contribution in [2.24, 2.45) is 4.99 Å². The third-order valence-electron chi connectivity index (χ3n) is 8.05. The van der Waals surface area contributed by atoms with Gasteiger partial charge in [0.25, 0.3) is 5.91 Å². The fraction of sp³-hybridized carbons (Fsp3) is 0.242. The van der Waals surface area contributed by atoms with Gasteiger partial charge in [-0.2, -0.15) is 0 Å². The highest BCUT2D eigenvalue weighted by molar-refractivity contribution is 6.31. The maximum Gasteiger partial charge on any atom is 0.253 e. The van der Waals surface area contributed by atoms with Crippen molar-refractivity contribution < 1.29 is 18.4 Å². The molecule has 3 heterocycles. The van der Waals surface area contributed by atoms with Crippen molar-refractivity contribution >= 4 is 40.8 Å². The van der Waals surface area contributed by atoms with E-state index in [1.54, 1.807) is 67.7 Å². The highest BCUT2D eigenvalue weighted by Crippen LogP contribution is 2.35. The van der Waals surface area contributed by atoms with Gasteiger partial charge in [0, 0.05) is 59.3 Å². The number of carbonyl (C=O) groups is 2. The number of rotatable bonds is 6. The molecule has 1 unspecified atom stereocenters. The highest BCUT2D eigenvalue weighted by atomic mass is 35.5. The van der Waals surface area contributed by atoms with Gasteiger partial charge in [-0.15, -0.1) is 0 Å². The molecule has 6 rings (SSSR count). The van der Waals surface area contributed by atoms with Crippen LogP contribution >= 0.6 is 11.6 Å². The van der Waals surface area contributed by atoms with Crippen LogP contribution in [0.1, 0.15) is 40.9 Å². The number of nitrogens with zero attached hydrogens (tertiary/aromatic N) is 4. The zero-order chi connectivity index (χ0) is 31.0. The van der Waals surface area contributed by atoms with Crippen LogP contribution in [-0.4, -0.2) is 65.1 Å². The van der Waals surface area contributed by atoms with Gasteiger partial charge in [0.2, 0.25) is 11.9 Å². The van der Waals surface area contributed by atoms with Crippen LogP contribution in [0, 0.1) is 11.6 Å². The summed E-state index contributed by atoms with van der Waals surface area (Å²) in [5.74, 6) is -1.49. The average molecular weight is 632 g/mol. The fourth-order valence-electron chi connectivity index (χ4n) is 5.66. The standard InChI is InChI=1S/C32H28ClF2N7O2.CH4/c1-36-30(44)32(37-2)12-13-42(17-32)29(43)18-6-9-21(10-7-18)40-31-39-16-19-15-38-28(26-24(34)4-3-5-25(26)35)23-14-20(33)8-11-22(23)27(19)41-31;/h3-11,14,16,37H,12-13,15,17H2,1-2H3,(H,36,44)(H,39,40,41);1H4. The second-order valence-electron chi connectivity index (χ2n) is 10.6. The lowest BCUT2D eigenvalue weighted by molar-refractivity contribution is -0.126. The molecule has 0 radical (unpaired) electrons. The SMILES string of the molecule is C.CNC(=O)C1(NC)CCN(C(=O)c2ccc(Nc3ncc4c(n3)-c3ccc(Cl)cc3C(c3c(F)cccc3F)=NC4)cc2)C1. The maximum absolute atomic E-state index is 14.8. The topological polar surface area (TPSA) is 112 Å². The molecule has 2 aliphatic heterocycles. The lowest BCUT2D eigenvalue weighted by Crippen LogP contribution is -2.56. The van der Waals surface area contributed by atoms with Gasteiger partial charge < -0.3 is 20.9 Å². The van der Waals surface area contributed by atoms with Crippen LogP contribution in [0.2, 0.25) is 5.02 Å². The monoisotopic (exact) mass is 631 g/mol. The third-order valence-corrected chi connectivity index (χ3v) is 8.28. The Hall–Kier alpha value is -4.74. The molecular weight excluding hydrogens is 600 g/mol. The van der Waals surface area contributed by atoms with Crippen molar-refractivity contribution in [3.63, 3.8) is 0 Å². The van der Waals surface area contributed by atoms with Gasteiger partial charge in [0.1, 0.15) is 17.2 Å². The minimum absolute atomic E-state index is 0. The van der Waals surface area contributed by atoms with Crippen molar-refractivity contribution in [3.8, 4) is 11.3 Å². The Balaban J connectivity index is 0.00000400. The molecule has 1 saturated heterocycles. The number of halogens is 3. The minimum Gasteiger partial charge on any atom is -0.358 e. The lowest BCUT2D eigenvalue weighted by Gasteiger charge is -2.27. The number of aliphatic imine (C=N–C) groups is 1. The van der Waals surface area contributed by atoms with Gasteiger partial charge in [0.05, 0.1) is 23.5 Å². The molecule has 0 aliphatic carbocycles. The summed E-state index contributed by atoms with van der Waals surface area (Å²) in [4.78, 5) is 41.0. The molecule has 2 amide bonds. The van der Waals surface area contributed by atoms with Crippen molar-refractivity contribution in [2.45, 2.75) is 25.9 Å². The molecule has 0 spiro atoms. The normalized spacial score (nSPS) is 16.9. The van der Waals surface area contributed by atoms with Crippen molar-refractivity contribution in [1.82, 2.24) is 25.5 Å². The molecule has 1 fully saturated rings. The Morgan fingerprint density at radius 1 is 1.00 bits per heavy atom. The molecule has 12 heteroatoms. The van der Waals surface area contributed by atoms with Crippen LogP contribution in [0.5, 0.6) is 0 Å². The number of amides is 2. The molecule has 2 aliphatic rings. The molecule has 9 nitrogen and oxygen atoms in total. The smallest absolute Gasteiger partial charge is 0.253 e. The summed E-state index contributed by atoms with van der Waals surface area (Å²) in [6.45, 7) is 0.831. The number of aromatic nitrogens is 2. The summed E-state index contributed by atoms with van der Waals surface area (Å²) in [5, 5.41) is 9.30. The molecule has 3 N–H and O–H groups in total. The van der Waals surface area contributed by atoms with Gasteiger partial charge in [-0.3, -0.25) is 14.6 Å². The number of likely N-dealkylation sites (tertiary alicyclic amines) is 1. The zero-order valence-electron chi connectivity index (χ0n) is 23.9. The molecule has 0 bridgehead atoms. The van der Waals surface area contributed by atoms with Gasteiger partial charge in [-0.05, 0) is 62.0 Å². The number of likely N-dealkylation sites (N-methyl/N-ethyl adjacent to an activating group) is 2. The molecule has 232 valence electrons. The van der Waals surface area contributed by atoms with E-state index >= 15 is 0 Å². The Kier molecular flexibility index (Phi) is 8.94. The lowest BCUT2D eigenvalue weighted by atomic mass is 9.95. The first-order chi connectivity index (χ1) is 21.2. The Labute approximate surface area is 264 Å². The van der Waals surface area contributed by atoms with Gasteiger partial charge in [-0.25, -0.2) is 18.7 Å². The maximum atomic E-state index is 14.8. The molecule has 3 aromatic carbocycles. The van der Waals surface area contributed by atoms with Crippen LogP contribution in [-0.2, 0) is 11.3 Å². The van der Waals surface area contributed by atoms with E-state index in [4.69, 9.17) is 16.6 Å². The number of carbonyl (C=O) groups excluding carboxylic acids is 2. The Bertz CT molecular complexity index is 1800. The van der Waals surface area contributed by atoms with E-state index in [-0.39, 0.29) is 49.6 Å². The van der Waals surface area contributed by atoms with E-state index in [9.17, 15) is 18.4 Å².